The summed E-state index contributed by atoms with van der Waals surface area (Å²) >= 11 is 5.78. The number of carbonyl (C=O) groups is 1. The summed E-state index contributed by atoms with van der Waals surface area (Å²) in [5.74, 6) is 1.12. The second-order valence-corrected chi connectivity index (χ2v) is 7.35. The first-order chi connectivity index (χ1) is 13.0. The minimum absolute atomic E-state index is 0.0190. The molecule has 0 bridgehead atoms. The molecule has 0 unspecified atom stereocenters. The third-order valence-corrected chi connectivity index (χ3v) is 4.70. The van der Waals surface area contributed by atoms with E-state index in [4.69, 9.17) is 21.1 Å². The number of nitrogens with zero attached hydrogens (tertiary/aromatic N) is 3. The molecule has 1 aromatic heterocycles. The maximum atomic E-state index is 12.5. The molecule has 0 radical (unpaired) electrons. The van der Waals surface area contributed by atoms with Crippen LogP contribution in [-0.4, -0.2) is 46.6 Å². The van der Waals surface area contributed by atoms with Gasteiger partial charge < -0.3 is 14.4 Å². The van der Waals surface area contributed by atoms with E-state index < -0.39 is 0 Å². The molecule has 0 saturated carbocycles. The first kappa shape index (κ1) is 19.4. The van der Waals surface area contributed by atoms with Gasteiger partial charge in [0.2, 0.25) is 0 Å². The van der Waals surface area contributed by atoms with Gasteiger partial charge >= 0.3 is 6.01 Å². The molecule has 6 nitrogen and oxygen atoms in total. The molecule has 1 saturated heterocycles. The van der Waals surface area contributed by atoms with Crippen LogP contribution < -0.4 is 9.47 Å². The van der Waals surface area contributed by atoms with Crippen molar-refractivity contribution in [2.45, 2.75) is 38.7 Å². The molecule has 0 N–H and O–H groups in total. The molecule has 1 fully saturated rings. The number of amides is 1. The highest BCUT2D eigenvalue weighted by molar-refractivity contribution is 6.30. The summed E-state index contributed by atoms with van der Waals surface area (Å²) in [6.45, 7) is 5.51. The van der Waals surface area contributed by atoms with Crippen LogP contribution in [0.2, 0.25) is 5.02 Å². The molecule has 144 valence electrons. The van der Waals surface area contributed by atoms with Crippen molar-refractivity contribution in [3.05, 3.63) is 47.2 Å². The Labute approximate surface area is 164 Å². The molecule has 1 atom stereocenters. The van der Waals surface area contributed by atoms with Crippen LogP contribution in [0.4, 0.5) is 0 Å². The zero-order valence-corrected chi connectivity index (χ0v) is 16.4. The molecule has 2 aromatic rings. The minimum Gasteiger partial charge on any atom is -0.484 e. The highest BCUT2D eigenvalue weighted by atomic mass is 35.5. The Hall–Kier alpha value is -2.34. The van der Waals surface area contributed by atoms with Gasteiger partial charge in [-0.25, -0.2) is 9.97 Å². The van der Waals surface area contributed by atoms with Crippen LogP contribution in [0, 0.1) is 0 Å². The van der Waals surface area contributed by atoms with Crippen molar-refractivity contribution in [3.8, 4) is 11.8 Å². The molecule has 1 aromatic carbocycles. The van der Waals surface area contributed by atoms with Crippen LogP contribution in [0.25, 0.3) is 0 Å². The molecule has 2 heterocycles. The lowest BCUT2D eigenvalue weighted by Crippen LogP contribution is -2.46. The Morgan fingerprint density at radius 1 is 1.26 bits per heavy atom. The zero-order valence-electron chi connectivity index (χ0n) is 15.6. The number of rotatable bonds is 6. The Balaban J connectivity index is 1.49. The van der Waals surface area contributed by atoms with Crippen molar-refractivity contribution in [3.63, 3.8) is 0 Å². The van der Waals surface area contributed by atoms with Crippen LogP contribution in [-0.2, 0) is 4.79 Å². The molecular formula is C20H24ClN3O3. The van der Waals surface area contributed by atoms with Crippen molar-refractivity contribution in [2.75, 3.05) is 19.7 Å². The third kappa shape index (κ3) is 5.57. The summed E-state index contributed by atoms with van der Waals surface area (Å²) < 4.78 is 11.4. The largest absolute Gasteiger partial charge is 0.484 e. The van der Waals surface area contributed by atoms with Crippen molar-refractivity contribution >= 4 is 17.5 Å². The predicted molar refractivity (Wildman–Crippen MR) is 103 cm³/mol. The van der Waals surface area contributed by atoms with E-state index in [1.165, 1.54) is 18.0 Å². The Morgan fingerprint density at radius 2 is 1.96 bits per heavy atom. The topological polar surface area (TPSA) is 64.5 Å². The number of hydrogen-bond acceptors (Lipinski definition) is 5. The molecule has 1 amide bonds. The predicted octanol–water partition coefficient (Wildman–Crippen LogP) is 3.70. The van der Waals surface area contributed by atoms with Gasteiger partial charge in [-0.1, -0.05) is 37.6 Å². The fourth-order valence-corrected chi connectivity index (χ4v) is 3.05. The fraction of sp³-hybridized carbons (Fsp3) is 0.450. The molecule has 1 aliphatic heterocycles. The third-order valence-electron chi connectivity index (χ3n) is 4.51. The number of aromatic nitrogens is 2. The summed E-state index contributed by atoms with van der Waals surface area (Å²) in [6.07, 6.45) is 4.58. The van der Waals surface area contributed by atoms with Crippen LogP contribution in [0.15, 0.2) is 36.7 Å². The van der Waals surface area contributed by atoms with Crippen molar-refractivity contribution in [2.24, 2.45) is 0 Å². The number of hydrogen-bond donors (Lipinski definition) is 0. The first-order valence-corrected chi connectivity index (χ1v) is 9.54. The minimum atomic E-state index is -0.130. The summed E-state index contributed by atoms with van der Waals surface area (Å²) in [4.78, 5) is 22.3. The van der Waals surface area contributed by atoms with Crippen LogP contribution in [0.1, 0.15) is 38.2 Å². The lowest BCUT2D eigenvalue weighted by atomic mass is 10.0. The number of ether oxygens (including phenoxy) is 2. The van der Waals surface area contributed by atoms with Crippen LogP contribution in [0.3, 0.4) is 0 Å². The maximum Gasteiger partial charge on any atom is 0.316 e. The number of halogens is 1. The van der Waals surface area contributed by atoms with Gasteiger partial charge in [0.05, 0.1) is 24.0 Å². The fourth-order valence-electron chi connectivity index (χ4n) is 2.96. The van der Waals surface area contributed by atoms with E-state index in [9.17, 15) is 4.79 Å². The first-order valence-electron chi connectivity index (χ1n) is 9.16. The molecule has 0 aliphatic carbocycles. The normalized spacial score (nSPS) is 17.0. The molecule has 3 rings (SSSR count). The van der Waals surface area contributed by atoms with Crippen molar-refractivity contribution < 1.29 is 14.3 Å². The molecule has 1 aliphatic rings. The van der Waals surface area contributed by atoms with Gasteiger partial charge in [0.1, 0.15) is 11.9 Å². The van der Waals surface area contributed by atoms with Crippen LogP contribution >= 0.6 is 11.6 Å². The summed E-state index contributed by atoms with van der Waals surface area (Å²) in [6, 6.07) is 8.15. The SMILES string of the molecule is CC(C)c1ccc(OCC(=O)N2CCC[C@H](Oc3ncc(Cl)cn3)C2)cc1. The van der Waals surface area contributed by atoms with E-state index in [2.05, 4.69) is 23.8 Å². The average Bonchev–Trinajstić information content (AvgIpc) is 2.68. The Kier molecular flexibility index (Phi) is 6.50. The number of benzene rings is 1. The zero-order chi connectivity index (χ0) is 19.2. The molecule has 0 spiro atoms. The van der Waals surface area contributed by atoms with Gasteiger partial charge in [-0.15, -0.1) is 0 Å². The van der Waals surface area contributed by atoms with E-state index in [1.54, 1.807) is 4.90 Å². The van der Waals surface area contributed by atoms with Gasteiger partial charge in [-0.05, 0) is 36.5 Å². The molecule has 27 heavy (non-hydrogen) atoms. The summed E-state index contributed by atoms with van der Waals surface area (Å²) in [5, 5.41) is 0.460. The Morgan fingerprint density at radius 3 is 2.63 bits per heavy atom. The number of likely N-dealkylation sites (tertiary alicyclic amines) is 1. The van der Waals surface area contributed by atoms with E-state index in [-0.39, 0.29) is 24.6 Å². The average molecular weight is 390 g/mol. The highest BCUT2D eigenvalue weighted by Crippen LogP contribution is 2.19. The number of carbonyl (C=O) groups excluding carboxylic acids is 1. The summed E-state index contributed by atoms with van der Waals surface area (Å²) in [7, 11) is 0. The van der Waals surface area contributed by atoms with Crippen molar-refractivity contribution in [1.29, 1.82) is 0 Å². The molecular weight excluding hydrogens is 366 g/mol. The standard InChI is InChI=1S/C20H24ClN3O3/c1-14(2)15-5-7-17(8-6-15)26-13-19(25)24-9-3-4-18(12-24)27-20-22-10-16(21)11-23-20/h5-8,10-11,14,18H,3-4,9,12-13H2,1-2H3/t18-/m0/s1. The second-order valence-electron chi connectivity index (χ2n) is 6.92. The lowest BCUT2D eigenvalue weighted by molar-refractivity contribution is -0.136. The monoisotopic (exact) mass is 389 g/mol. The lowest BCUT2D eigenvalue weighted by Gasteiger charge is -2.32. The van der Waals surface area contributed by atoms with Gasteiger partial charge in [0, 0.05) is 6.54 Å². The van der Waals surface area contributed by atoms with Gasteiger partial charge in [0.15, 0.2) is 6.61 Å². The second kappa shape index (κ2) is 9.04. The van der Waals surface area contributed by atoms with Crippen LogP contribution in [0.5, 0.6) is 11.8 Å². The van der Waals surface area contributed by atoms with E-state index in [1.807, 2.05) is 24.3 Å². The van der Waals surface area contributed by atoms with E-state index in [0.717, 1.165) is 12.8 Å². The van der Waals surface area contributed by atoms with Gasteiger partial charge in [-0.2, -0.15) is 0 Å². The van der Waals surface area contributed by atoms with E-state index in [0.29, 0.717) is 29.8 Å². The highest BCUT2D eigenvalue weighted by Gasteiger charge is 2.25. The molecule has 7 heteroatoms. The van der Waals surface area contributed by atoms with Gasteiger partial charge in [0.25, 0.3) is 5.91 Å². The smallest absolute Gasteiger partial charge is 0.316 e. The quantitative estimate of drug-likeness (QED) is 0.753. The van der Waals surface area contributed by atoms with Crippen molar-refractivity contribution in [1.82, 2.24) is 14.9 Å². The maximum absolute atomic E-state index is 12.5. The van der Waals surface area contributed by atoms with Gasteiger partial charge in [-0.3, -0.25) is 4.79 Å². The number of piperidine rings is 1. The van der Waals surface area contributed by atoms with E-state index >= 15 is 0 Å². The Bertz CT molecular complexity index is 750. The summed E-state index contributed by atoms with van der Waals surface area (Å²) in [5.41, 5.74) is 1.24.